The van der Waals surface area contributed by atoms with Gasteiger partial charge in [-0.05, 0) is 27.6 Å². The van der Waals surface area contributed by atoms with Gasteiger partial charge in [-0.15, -0.1) is 0 Å². The molecule has 1 atom stereocenters. The second-order valence-electron chi connectivity index (χ2n) is 4.89. The fraction of sp³-hybridized carbons (Fsp3) is 0. The molecule has 3 aromatic heterocycles. The van der Waals surface area contributed by atoms with Crippen LogP contribution in [-0.2, 0) is 0 Å². The summed E-state index contributed by atoms with van der Waals surface area (Å²) < 4.78 is 1.38. The van der Waals surface area contributed by atoms with Gasteiger partial charge in [-0.2, -0.15) is 0 Å². The van der Waals surface area contributed by atoms with E-state index in [9.17, 15) is 9.90 Å². The Morgan fingerprint density at radius 2 is 2.05 bits per heavy atom. The number of H-pyrrole nitrogens is 1. The zero-order chi connectivity index (χ0) is 15.3. The highest BCUT2D eigenvalue weighted by Crippen LogP contribution is 2.32. The van der Waals surface area contributed by atoms with Gasteiger partial charge in [0.15, 0.2) is 0 Å². The van der Waals surface area contributed by atoms with Gasteiger partial charge in [0.05, 0.1) is 22.7 Å². The lowest BCUT2D eigenvalue weighted by atomic mass is 10.1. The smallest absolute Gasteiger partial charge is 0.268 e. The van der Waals surface area contributed by atoms with Crippen molar-refractivity contribution < 1.29 is 5.11 Å². The molecule has 108 valence electrons. The molecule has 0 saturated heterocycles. The molecule has 0 amide bonds. The summed E-state index contributed by atoms with van der Waals surface area (Å²) in [7, 11) is 2.35. The van der Waals surface area contributed by atoms with E-state index in [0.29, 0.717) is 16.7 Å². The maximum atomic E-state index is 12.6. The first kappa shape index (κ1) is 13.0. The van der Waals surface area contributed by atoms with E-state index in [1.54, 1.807) is 12.3 Å². The van der Waals surface area contributed by atoms with Crippen LogP contribution in [0.4, 0.5) is 0 Å². The average molecular weight is 310 g/mol. The Kier molecular flexibility index (Phi) is 2.74. The van der Waals surface area contributed by atoms with Crippen molar-refractivity contribution in [3.63, 3.8) is 0 Å². The largest absolute Gasteiger partial charge is 0.506 e. The average Bonchev–Trinajstić information content (AvgIpc) is 2.96. The molecule has 0 bridgehead atoms. The van der Waals surface area contributed by atoms with Crippen LogP contribution in [0.15, 0.2) is 47.5 Å². The number of fused-ring (bicyclic) bond motifs is 2. The third kappa shape index (κ3) is 1.74. The van der Waals surface area contributed by atoms with Crippen LogP contribution in [0, 0.1) is 0 Å². The summed E-state index contributed by atoms with van der Waals surface area (Å²) in [6.07, 6.45) is 3.10. The molecular weight excluding hydrogens is 299 g/mol. The first-order valence-corrected chi connectivity index (χ1v) is 7.10. The van der Waals surface area contributed by atoms with Crippen LogP contribution in [0.25, 0.3) is 33.3 Å². The van der Waals surface area contributed by atoms with E-state index in [2.05, 4.69) is 24.3 Å². The Bertz CT molecular complexity index is 1050. The van der Waals surface area contributed by atoms with Gasteiger partial charge in [0.25, 0.3) is 5.56 Å². The van der Waals surface area contributed by atoms with Crippen LogP contribution >= 0.6 is 9.39 Å². The minimum Gasteiger partial charge on any atom is -0.506 e. The van der Waals surface area contributed by atoms with Crippen molar-refractivity contribution >= 4 is 31.3 Å². The molecule has 6 nitrogen and oxygen atoms in total. The number of benzene rings is 1. The SMILES string of the molecule is O=c1c(-c2nc3ccccc3[nH]2)c(O)c2ccncc2n1P. The Morgan fingerprint density at radius 3 is 2.86 bits per heavy atom. The second kappa shape index (κ2) is 4.64. The zero-order valence-corrected chi connectivity index (χ0v) is 12.5. The van der Waals surface area contributed by atoms with Crippen molar-refractivity contribution in [1.82, 2.24) is 19.3 Å². The number of nitrogens with zero attached hydrogens (tertiary/aromatic N) is 3. The zero-order valence-electron chi connectivity index (χ0n) is 11.3. The summed E-state index contributed by atoms with van der Waals surface area (Å²) in [5, 5.41) is 11.1. The summed E-state index contributed by atoms with van der Waals surface area (Å²) in [6, 6.07) is 9.12. The van der Waals surface area contributed by atoms with Crippen molar-refractivity contribution in [1.29, 1.82) is 0 Å². The van der Waals surface area contributed by atoms with Gasteiger partial charge >= 0.3 is 0 Å². The fourth-order valence-corrected chi connectivity index (χ4v) is 2.86. The molecule has 7 heteroatoms. The third-order valence-electron chi connectivity index (χ3n) is 3.61. The number of hydrogen-bond acceptors (Lipinski definition) is 4. The quantitative estimate of drug-likeness (QED) is 0.528. The van der Waals surface area contributed by atoms with E-state index in [1.165, 1.54) is 10.5 Å². The first-order valence-electron chi connectivity index (χ1n) is 6.58. The number of imidazole rings is 1. The van der Waals surface area contributed by atoms with Crippen molar-refractivity contribution in [2.75, 3.05) is 0 Å². The predicted molar refractivity (Wildman–Crippen MR) is 87.9 cm³/mol. The van der Waals surface area contributed by atoms with Crippen LogP contribution in [0.3, 0.4) is 0 Å². The Balaban J connectivity index is 2.12. The maximum Gasteiger partial charge on any atom is 0.268 e. The fourth-order valence-electron chi connectivity index (χ4n) is 2.53. The van der Waals surface area contributed by atoms with Gasteiger partial charge in [0.1, 0.15) is 17.1 Å². The van der Waals surface area contributed by atoms with E-state index in [-0.39, 0.29) is 16.9 Å². The third-order valence-corrected chi connectivity index (χ3v) is 4.12. The molecule has 1 unspecified atom stereocenters. The molecule has 1 aromatic carbocycles. The monoisotopic (exact) mass is 310 g/mol. The summed E-state index contributed by atoms with van der Waals surface area (Å²) in [5.41, 5.74) is 1.87. The lowest BCUT2D eigenvalue weighted by Gasteiger charge is -2.09. The van der Waals surface area contributed by atoms with E-state index < -0.39 is 0 Å². The summed E-state index contributed by atoms with van der Waals surface area (Å²) >= 11 is 0. The number of nitrogens with one attached hydrogen (secondary N) is 1. The second-order valence-corrected chi connectivity index (χ2v) is 5.41. The molecule has 2 N–H and O–H groups in total. The van der Waals surface area contributed by atoms with Crippen LogP contribution < -0.4 is 5.56 Å². The van der Waals surface area contributed by atoms with Crippen molar-refractivity contribution in [2.24, 2.45) is 0 Å². The summed E-state index contributed by atoms with van der Waals surface area (Å²) in [5.74, 6) is 0.249. The summed E-state index contributed by atoms with van der Waals surface area (Å²) in [6.45, 7) is 0. The van der Waals surface area contributed by atoms with Crippen LogP contribution in [0.5, 0.6) is 5.75 Å². The maximum absolute atomic E-state index is 12.6. The van der Waals surface area contributed by atoms with Gasteiger partial charge < -0.3 is 10.1 Å². The molecule has 0 radical (unpaired) electrons. The molecule has 22 heavy (non-hydrogen) atoms. The van der Waals surface area contributed by atoms with Gasteiger partial charge in [0, 0.05) is 11.6 Å². The molecule has 0 aliphatic carbocycles. The van der Waals surface area contributed by atoms with E-state index in [4.69, 9.17) is 0 Å². The molecule has 0 saturated carbocycles. The van der Waals surface area contributed by atoms with E-state index >= 15 is 0 Å². The number of rotatable bonds is 1. The van der Waals surface area contributed by atoms with Crippen molar-refractivity contribution in [3.05, 3.63) is 53.1 Å². The lowest BCUT2D eigenvalue weighted by Crippen LogP contribution is -2.16. The molecule has 0 spiro atoms. The van der Waals surface area contributed by atoms with Crippen LogP contribution in [0.1, 0.15) is 0 Å². The van der Waals surface area contributed by atoms with Crippen molar-refractivity contribution in [2.45, 2.75) is 0 Å². The minimum atomic E-state index is -0.359. The highest BCUT2D eigenvalue weighted by atomic mass is 31.0. The Morgan fingerprint density at radius 1 is 1.23 bits per heavy atom. The normalized spacial score (nSPS) is 11.3. The molecular formula is C15H11N4O2P. The predicted octanol–water partition coefficient (Wildman–Crippen LogP) is 2.28. The highest BCUT2D eigenvalue weighted by molar-refractivity contribution is 7.14. The number of hydrogen-bond donors (Lipinski definition) is 2. The molecule has 0 aliphatic rings. The van der Waals surface area contributed by atoms with E-state index in [1.807, 2.05) is 24.3 Å². The molecule has 0 fully saturated rings. The number of para-hydroxylation sites is 2. The van der Waals surface area contributed by atoms with Crippen LogP contribution in [-0.4, -0.2) is 24.4 Å². The molecule has 0 aliphatic heterocycles. The lowest BCUT2D eigenvalue weighted by molar-refractivity contribution is 0.482. The van der Waals surface area contributed by atoms with Gasteiger partial charge in [-0.1, -0.05) is 12.1 Å². The molecule has 4 aromatic rings. The first-order chi connectivity index (χ1) is 10.7. The number of aromatic amines is 1. The van der Waals surface area contributed by atoms with E-state index in [0.717, 1.165) is 11.0 Å². The Hall–Kier alpha value is -2.72. The molecule has 3 heterocycles. The summed E-state index contributed by atoms with van der Waals surface area (Å²) in [4.78, 5) is 24.0. The molecule has 4 rings (SSSR count). The number of aromatic nitrogens is 4. The van der Waals surface area contributed by atoms with Crippen molar-refractivity contribution in [3.8, 4) is 17.1 Å². The van der Waals surface area contributed by atoms with Gasteiger partial charge in [-0.3, -0.25) is 14.1 Å². The van der Waals surface area contributed by atoms with Crippen LogP contribution in [0.2, 0.25) is 0 Å². The van der Waals surface area contributed by atoms with Gasteiger partial charge in [-0.25, -0.2) is 4.98 Å². The van der Waals surface area contributed by atoms with Gasteiger partial charge in [0.2, 0.25) is 0 Å². The minimum absolute atomic E-state index is 0.0971. The highest BCUT2D eigenvalue weighted by Gasteiger charge is 2.19. The Labute approximate surface area is 126 Å². The number of pyridine rings is 2. The topological polar surface area (TPSA) is 83.8 Å². The standard InChI is InChI=1S/C15H11N4O2P/c20-13-8-5-6-16-7-11(8)19(22)15(21)12(13)14-17-9-3-1-2-4-10(9)18-14/h1-7,20H,22H2,(H,17,18). The number of aromatic hydroxyl groups is 1.